The van der Waals surface area contributed by atoms with Crippen LogP contribution in [0.1, 0.15) is 17.5 Å². The molecule has 1 aromatic heterocycles. The van der Waals surface area contributed by atoms with Gasteiger partial charge in [-0.15, -0.1) is 0 Å². The summed E-state index contributed by atoms with van der Waals surface area (Å²) in [5.41, 5.74) is 5.57. The quantitative estimate of drug-likeness (QED) is 0.406. The van der Waals surface area contributed by atoms with Crippen LogP contribution in [-0.2, 0) is 27.2 Å². The molecule has 3 heterocycles. The van der Waals surface area contributed by atoms with E-state index < -0.39 is 36.3 Å². The van der Waals surface area contributed by atoms with Crippen LogP contribution < -0.4 is 30.7 Å². The minimum Gasteiger partial charge on any atom is -0.481 e. The van der Waals surface area contributed by atoms with E-state index in [9.17, 15) is 23.2 Å². The first-order chi connectivity index (χ1) is 17.8. The largest absolute Gasteiger partial charge is 0.481 e. The molecule has 3 aliphatic rings. The van der Waals surface area contributed by atoms with Crippen LogP contribution in [0.25, 0.3) is 0 Å². The number of amides is 3. The summed E-state index contributed by atoms with van der Waals surface area (Å²) in [5.74, 6) is -2.19. The van der Waals surface area contributed by atoms with E-state index >= 15 is 0 Å². The highest BCUT2D eigenvalue weighted by atomic mass is 19.1. The van der Waals surface area contributed by atoms with Crippen molar-refractivity contribution in [3.63, 3.8) is 0 Å². The molecule has 12 nitrogen and oxygen atoms in total. The van der Waals surface area contributed by atoms with E-state index in [2.05, 4.69) is 20.6 Å². The summed E-state index contributed by atoms with van der Waals surface area (Å²) in [4.78, 5) is 44.4. The summed E-state index contributed by atoms with van der Waals surface area (Å²) >= 11 is 0. The fourth-order valence-electron chi connectivity index (χ4n) is 4.59. The topological polar surface area (TPSA) is 158 Å². The van der Waals surface area contributed by atoms with Gasteiger partial charge in [0.2, 0.25) is 0 Å². The van der Waals surface area contributed by atoms with Crippen molar-refractivity contribution in [2.24, 2.45) is 11.7 Å². The molecule has 1 fully saturated rings. The number of hydrogen-bond acceptors (Lipinski definition) is 9. The van der Waals surface area contributed by atoms with Crippen LogP contribution in [-0.4, -0.2) is 66.8 Å². The van der Waals surface area contributed by atoms with Crippen LogP contribution in [0.15, 0.2) is 12.3 Å². The first kappa shape index (κ1) is 24.6. The lowest BCUT2D eigenvalue weighted by atomic mass is 10.1. The van der Waals surface area contributed by atoms with Crippen LogP contribution >= 0.6 is 0 Å². The third-order valence-corrected chi connectivity index (χ3v) is 6.30. The zero-order valence-corrected chi connectivity index (χ0v) is 19.6. The number of fused-ring (bicyclic) bond motifs is 2. The van der Waals surface area contributed by atoms with Gasteiger partial charge < -0.3 is 30.6 Å². The number of carbonyl (C=O) groups excluding carboxylic acids is 3. The van der Waals surface area contributed by atoms with E-state index in [-0.39, 0.29) is 53.8 Å². The Balaban J connectivity index is 1.10. The van der Waals surface area contributed by atoms with Crippen LogP contribution in [0.2, 0.25) is 0 Å². The molecule has 1 aromatic carbocycles. The van der Waals surface area contributed by atoms with Crippen molar-refractivity contribution in [3.05, 3.63) is 35.0 Å². The average molecular weight is 518 g/mol. The summed E-state index contributed by atoms with van der Waals surface area (Å²) in [7, 11) is 0. The number of ether oxygens (including phenoxy) is 3. The molecule has 1 aliphatic carbocycles. The van der Waals surface area contributed by atoms with Gasteiger partial charge in [-0.25, -0.2) is 23.5 Å². The van der Waals surface area contributed by atoms with Crippen LogP contribution in [0.3, 0.4) is 0 Å². The molecular formula is C23H24F2N6O6. The van der Waals surface area contributed by atoms with Crippen LogP contribution in [0, 0.1) is 17.6 Å². The molecule has 5 rings (SSSR count). The van der Waals surface area contributed by atoms with Crippen molar-refractivity contribution >= 4 is 29.5 Å². The Bertz CT molecular complexity index is 1260. The second-order valence-corrected chi connectivity index (χ2v) is 8.98. The number of hydrogen-bond donors (Lipinski definition) is 3. The van der Waals surface area contributed by atoms with Crippen molar-refractivity contribution < 1.29 is 37.4 Å². The Morgan fingerprint density at radius 3 is 2.92 bits per heavy atom. The molecule has 1 saturated heterocycles. The number of nitrogens with two attached hydrogens (primary N) is 1. The molecule has 2 aliphatic heterocycles. The van der Waals surface area contributed by atoms with Crippen molar-refractivity contribution in [2.45, 2.75) is 25.4 Å². The lowest BCUT2D eigenvalue weighted by Gasteiger charge is -2.18. The Kier molecular flexibility index (Phi) is 6.74. The minimum atomic E-state index is -0.780. The van der Waals surface area contributed by atoms with E-state index in [0.29, 0.717) is 37.9 Å². The smallest absolute Gasteiger partial charge is 0.415 e. The minimum absolute atomic E-state index is 0.0313. The summed E-state index contributed by atoms with van der Waals surface area (Å²) in [6.07, 6.45) is 1.59. The maximum Gasteiger partial charge on any atom is 0.415 e. The van der Waals surface area contributed by atoms with Gasteiger partial charge in [0, 0.05) is 6.07 Å². The molecule has 2 unspecified atom stereocenters. The molecule has 0 radical (unpaired) electrons. The maximum absolute atomic E-state index is 14.7. The zero-order chi connectivity index (χ0) is 26.1. The molecule has 4 N–H and O–H groups in total. The average Bonchev–Trinajstić information content (AvgIpc) is 3.46. The summed E-state index contributed by atoms with van der Waals surface area (Å²) in [6, 6.07) is 0.945. The van der Waals surface area contributed by atoms with Gasteiger partial charge in [-0.2, -0.15) is 0 Å². The predicted molar refractivity (Wildman–Crippen MR) is 123 cm³/mol. The van der Waals surface area contributed by atoms with E-state index in [4.69, 9.17) is 19.9 Å². The number of anilines is 2. The number of carbonyl (C=O) groups is 3. The number of nitrogens with zero attached hydrogens (tertiary/aromatic N) is 3. The SMILES string of the molecule is NC(=O)COc1cc(F)c2c(c1F)CC(CNCCC1CN(c3cnc4c(n3)NC(=O)CO4)C(=O)O1)C2. The van der Waals surface area contributed by atoms with Crippen LogP contribution in [0.5, 0.6) is 11.6 Å². The fourth-order valence-corrected chi connectivity index (χ4v) is 4.59. The summed E-state index contributed by atoms with van der Waals surface area (Å²) in [6.45, 7) is 0.586. The van der Waals surface area contributed by atoms with Gasteiger partial charge in [0.25, 0.3) is 17.7 Å². The van der Waals surface area contributed by atoms with Gasteiger partial charge in [-0.05, 0) is 49.4 Å². The lowest BCUT2D eigenvalue weighted by molar-refractivity contribution is -0.120. The third-order valence-electron chi connectivity index (χ3n) is 6.30. The second kappa shape index (κ2) is 10.1. The van der Waals surface area contributed by atoms with Gasteiger partial charge in [0.1, 0.15) is 11.9 Å². The second-order valence-electron chi connectivity index (χ2n) is 8.98. The number of primary amides is 1. The van der Waals surface area contributed by atoms with Crippen molar-refractivity contribution in [1.29, 1.82) is 0 Å². The number of cyclic esters (lactones) is 1. The summed E-state index contributed by atoms with van der Waals surface area (Å²) < 4.78 is 44.8. The van der Waals surface area contributed by atoms with E-state index in [1.807, 2.05) is 0 Å². The molecule has 14 heteroatoms. The first-order valence-corrected chi connectivity index (χ1v) is 11.7. The monoisotopic (exact) mass is 518 g/mol. The highest BCUT2D eigenvalue weighted by molar-refractivity contribution is 5.94. The maximum atomic E-state index is 14.7. The normalized spacial score (nSPS) is 20.1. The van der Waals surface area contributed by atoms with E-state index in [1.54, 1.807) is 0 Å². The van der Waals surface area contributed by atoms with E-state index in [0.717, 1.165) is 6.07 Å². The van der Waals surface area contributed by atoms with Gasteiger partial charge in [-0.1, -0.05) is 0 Å². The highest BCUT2D eigenvalue weighted by Gasteiger charge is 2.34. The Hall–Kier alpha value is -4.07. The molecule has 2 aromatic rings. The molecule has 0 saturated carbocycles. The first-order valence-electron chi connectivity index (χ1n) is 11.7. The number of nitrogens with one attached hydrogen (secondary N) is 2. The predicted octanol–water partition coefficient (Wildman–Crippen LogP) is 0.670. The zero-order valence-electron chi connectivity index (χ0n) is 19.6. The molecular weight excluding hydrogens is 494 g/mol. The van der Waals surface area contributed by atoms with Gasteiger partial charge in [0.05, 0.1) is 12.7 Å². The standard InChI is InChI=1S/C23H24F2N6O6/c24-15-5-16(35-9-17(26)32)20(25)14-4-11(3-13(14)15)6-27-2-1-12-8-31(23(34)37-12)18-7-28-22-21(29-18)30-19(33)10-36-22/h5,7,11-12,27H,1-4,6,8-10H2,(H2,26,32)(H,29,30,33). The Labute approximate surface area is 209 Å². The number of halogens is 2. The Morgan fingerprint density at radius 1 is 1.30 bits per heavy atom. The van der Waals surface area contributed by atoms with Gasteiger partial charge in [-0.3, -0.25) is 14.5 Å². The van der Waals surface area contributed by atoms with Crippen molar-refractivity contribution in [3.8, 4) is 11.6 Å². The molecule has 0 bridgehead atoms. The number of benzene rings is 1. The fraction of sp³-hybridized carbons (Fsp3) is 0.435. The van der Waals surface area contributed by atoms with Gasteiger partial charge >= 0.3 is 6.09 Å². The van der Waals surface area contributed by atoms with E-state index in [1.165, 1.54) is 11.1 Å². The molecule has 196 valence electrons. The summed E-state index contributed by atoms with van der Waals surface area (Å²) in [5, 5.41) is 5.81. The number of rotatable bonds is 9. The van der Waals surface area contributed by atoms with Crippen molar-refractivity contribution in [2.75, 3.05) is 43.1 Å². The van der Waals surface area contributed by atoms with Crippen molar-refractivity contribution in [1.82, 2.24) is 15.3 Å². The highest BCUT2D eigenvalue weighted by Crippen LogP contribution is 2.35. The molecule has 2 atom stereocenters. The van der Waals surface area contributed by atoms with Crippen LogP contribution in [0.4, 0.5) is 25.2 Å². The molecule has 0 spiro atoms. The Morgan fingerprint density at radius 2 is 2.11 bits per heavy atom. The number of aromatic nitrogens is 2. The lowest BCUT2D eigenvalue weighted by Crippen LogP contribution is -2.30. The third kappa shape index (κ3) is 5.23. The molecule has 37 heavy (non-hydrogen) atoms. The van der Waals surface area contributed by atoms with Gasteiger partial charge in [0.15, 0.2) is 36.4 Å². The molecule has 3 amide bonds.